The van der Waals surface area contributed by atoms with E-state index in [4.69, 9.17) is 23.7 Å². The molecule has 0 aromatic heterocycles. The van der Waals surface area contributed by atoms with Crippen molar-refractivity contribution in [3.05, 3.63) is 0 Å². The third-order valence-corrected chi connectivity index (χ3v) is 6.07. The second-order valence-corrected chi connectivity index (χ2v) is 8.34. The molecule has 11 N–H and O–H groups in total. The number of ether oxygens (including phenoxy) is 5. The van der Waals surface area contributed by atoms with E-state index in [-0.39, 0.29) is 0 Å². The first-order valence-corrected chi connectivity index (χ1v) is 10.6. The van der Waals surface area contributed by atoms with Gasteiger partial charge in [0, 0.05) is 0 Å². The highest BCUT2D eigenvalue weighted by Crippen LogP contribution is 2.34. The summed E-state index contributed by atoms with van der Waals surface area (Å²) in [5.41, 5.74) is 0. The Morgan fingerprint density at radius 3 is 1.74 bits per heavy atom. The molecule has 0 aromatic rings. The third kappa shape index (κ3) is 5.37. The van der Waals surface area contributed by atoms with Crippen LogP contribution in [0.2, 0.25) is 0 Å². The van der Waals surface area contributed by atoms with Gasteiger partial charge in [-0.25, -0.2) is 0 Å². The van der Waals surface area contributed by atoms with Crippen molar-refractivity contribution in [3.8, 4) is 0 Å². The van der Waals surface area contributed by atoms with Crippen LogP contribution in [-0.2, 0) is 23.7 Å². The number of hydrogen-bond acceptors (Lipinski definition) is 16. The van der Waals surface area contributed by atoms with Crippen LogP contribution < -0.4 is 0 Å². The van der Waals surface area contributed by atoms with Crippen LogP contribution >= 0.6 is 0 Å². The lowest BCUT2D eigenvalue weighted by Gasteiger charge is -2.41. The third-order valence-electron chi connectivity index (χ3n) is 6.07. The molecule has 15 atom stereocenters. The fourth-order valence-electron chi connectivity index (χ4n) is 4.06. The number of aliphatic hydroxyl groups is 11. The average Bonchev–Trinajstić information content (AvgIpc) is 3.13. The predicted octanol–water partition coefficient (Wildman–Crippen LogP) is -7.57. The lowest BCUT2D eigenvalue weighted by Crippen LogP contribution is -2.61. The van der Waals surface area contributed by atoms with Crippen LogP contribution in [-0.4, -0.2) is 168 Å². The molecule has 0 radical (unpaired) electrons. The van der Waals surface area contributed by atoms with E-state index in [1.807, 2.05) is 0 Å². The van der Waals surface area contributed by atoms with E-state index in [2.05, 4.69) is 0 Å². The van der Waals surface area contributed by atoms with Crippen LogP contribution in [0.1, 0.15) is 0 Å². The fraction of sp³-hybridized carbons (Fsp3) is 1.00. The Balaban J connectivity index is 1.77. The SMILES string of the molecule is OC[C@@H](O)[C@@H]1O[C@@H](O[C@H]2[C@H](O)[C@@H](CO)OC(O)[C@H]2O)[C@H](O)[C@H]1O[C@H]1O[C@H](CO)[C@H](O)[C@H](O)[C@H]1O. The quantitative estimate of drug-likeness (QED) is 0.146. The monoisotopic (exact) mass is 504 g/mol. The van der Waals surface area contributed by atoms with E-state index in [0.29, 0.717) is 0 Å². The van der Waals surface area contributed by atoms with Gasteiger partial charge in [0.1, 0.15) is 73.2 Å². The second kappa shape index (κ2) is 11.6. The molecule has 0 aromatic carbocycles. The van der Waals surface area contributed by atoms with E-state index < -0.39 is 112 Å². The van der Waals surface area contributed by atoms with Gasteiger partial charge < -0.3 is 79.9 Å². The largest absolute Gasteiger partial charge is 0.394 e. The Bertz CT molecular complexity index is 639. The molecule has 0 saturated carbocycles. The maximum Gasteiger partial charge on any atom is 0.187 e. The summed E-state index contributed by atoms with van der Waals surface area (Å²) < 4.78 is 26.4. The summed E-state index contributed by atoms with van der Waals surface area (Å²) in [6.45, 7) is -2.36. The van der Waals surface area contributed by atoms with Crippen molar-refractivity contribution < 1.29 is 79.9 Å². The zero-order valence-corrected chi connectivity index (χ0v) is 17.7. The normalized spacial score (nSPS) is 50.9. The molecule has 1 unspecified atom stereocenters. The summed E-state index contributed by atoms with van der Waals surface area (Å²) >= 11 is 0. The predicted molar refractivity (Wildman–Crippen MR) is 101 cm³/mol. The Morgan fingerprint density at radius 1 is 0.588 bits per heavy atom. The zero-order chi connectivity index (χ0) is 25.3. The first-order valence-electron chi connectivity index (χ1n) is 10.6. The molecule has 0 amide bonds. The van der Waals surface area contributed by atoms with Gasteiger partial charge in [-0.3, -0.25) is 0 Å². The number of aliphatic hydroxyl groups excluding tert-OH is 11. The molecule has 34 heavy (non-hydrogen) atoms. The fourth-order valence-corrected chi connectivity index (χ4v) is 4.06. The van der Waals surface area contributed by atoms with E-state index in [1.165, 1.54) is 0 Å². The van der Waals surface area contributed by atoms with Crippen LogP contribution in [0.5, 0.6) is 0 Å². The molecule has 3 rings (SSSR count). The Hall–Kier alpha value is -0.640. The maximum atomic E-state index is 10.7. The highest BCUT2D eigenvalue weighted by atomic mass is 16.8. The average molecular weight is 504 g/mol. The second-order valence-electron chi connectivity index (χ2n) is 8.34. The molecule has 3 fully saturated rings. The summed E-state index contributed by atoms with van der Waals surface area (Å²) in [6.07, 6.45) is -25.1. The molecule has 16 nitrogen and oxygen atoms in total. The standard InChI is InChI=1S/C18H32O16/c19-1-4(22)13-15(34-17-10(26)9(25)7(23)5(2-20)31-17)12(28)18(32-13)33-14-8(24)6(3-21)30-16(29)11(14)27/h4-29H,1-3H2/t4-,5-,6-,7+,8-,9+,10-,11+,12-,13+,14+,15-,16?,17-,18+/m1/s1. The van der Waals surface area contributed by atoms with Gasteiger partial charge >= 0.3 is 0 Å². The molecule has 0 aliphatic carbocycles. The molecule has 3 aliphatic rings. The first kappa shape index (κ1) is 27.9. The lowest BCUT2D eigenvalue weighted by molar-refractivity contribution is -0.323. The zero-order valence-electron chi connectivity index (χ0n) is 17.7. The van der Waals surface area contributed by atoms with Crippen molar-refractivity contribution in [1.82, 2.24) is 0 Å². The molecule has 3 saturated heterocycles. The Labute approximate surface area is 192 Å². The van der Waals surface area contributed by atoms with Gasteiger partial charge in [0.25, 0.3) is 0 Å². The van der Waals surface area contributed by atoms with Crippen molar-refractivity contribution in [2.45, 2.75) is 92.1 Å². The summed E-state index contributed by atoms with van der Waals surface area (Å²) in [4.78, 5) is 0. The molecule has 0 spiro atoms. The minimum Gasteiger partial charge on any atom is -0.394 e. The Morgan fingerprint density at radius 2 is 1.15 bits per heavy atom. The van der Waals surface area contributed by atoms with Crippen molar-refractivity contribution >= 4 is 0 Å². The first-order chi connectivity index (χ1) is 16.0. The molecule has 200 valence electrons. The smallest absolute Gasteiger partial charge is 0.187 e. The van der Waals surface area contributed by atoms with Gasteiger partial charge in [-0.05, 0) is 0 Å². The van der Waals surface area contributed by atoms with Crippen LogP contribution in [0.3, 0.4) is 0 Å². The van der Waals surface area contributed by atoms with E-state index in [1.54, 1.807) is 0 Å². The van der Waals surface area contributed by atoms with Crippen molar-refractivity contribution in [3.63, 3.8) is 0 Å². The molecule has 3 aliphatic heterocycles. The number of rotatable bonds is 8. The van der Waals surface area contributed by atoms with Crippen molar-refractivity contribution in [2.75, 3.05) is 19.8 Å². The van der Waals surface area contributed by atoms with Gasteiger partial charge in [0.2, 0.25) is 0 Å². The van der Waals surface area contributed by atoms with E-state index in [9.17, 15) is 56.2 Å². The minimum atomic E-state index is -1.86. The summed E-state index contributed by atoms with van der Waals surface area (Å²) in [5, 5.41) is 109. The Kier molecular flexibility index (Phi) is 9.54. The van der Waals surface area contributed by atoms with Crippen molar-refractivity contribution in [2.24, 2.45) is 0 Å². The van der Waals surface area contributed by atoms with Crippen LogP contribution in [0.4, 0.5) is 0 Å². The van der Waals surface area contributed by atoms with Crippen LogP contribution in [0.25, 0.3) is 0 Å². The van der Waals surface area contributed by atoms with Crippen LogP contribution in [0, 0.1) is 0 Å². The topological polar surface area (TPSA) is 269 Å². The highest BCUT2D eigenvalue weighted by molar-refractivity contribution is 4.97. The molecule has 0 bridgehead atoms. The van der Waals surface area contributed by atoms with Gasteiger partial charge in [-0.2, -0.15) is 0 Å². The maximum absolute atomic E-state index is 10.7. The molecular weight excluding hydrogens is 472 g/mol. The minimum absolute atomic E-state index is 0.742. The molecule has 16 heteroatoms. The summed E-state index contributed by atoms with van der Waals surface area (Å²) in [5.74, 6) is 0. The molecular formula is C18H32O16. The highest BCUT2D eigenvalue weighted by Gasteiger charge is 2.55. The number of hydrogen-bond donors (Lipinski definition) is 11. The van der Waals surface area contributed by atoms with E-state index in [0.717, 1.165) is 0 Å². The van der Waals surface area contributed by atoms with Gasteiger partial charge in [0.15, 0.2) is 18.9 Å². The molecule has 3 heterocycles. The van der Waals surface area contributed by atoms with Gasteiger partial charge in [-0.1, -0.05) is 0 Å². The van der Waals surface area contributed by atoms with Crippen molar-refractivity contribution in [1.29, 1.82) is 0 Å². The summed E-state index contributed by atoms with van der Waals surface area (Å²) in [6, 6.07) is 0. The van der Waals surface area contributed by atoms with Gasteiger partial charge in [-0.15, -0.1) is 0 Å². The van der Waals surface area contributed by atoms with E-state index >= 15 is 0 Å². The van der Waals surface area contributed by atoms with Crippen LogP contribution in [0.15, 0.2) is 0 Å². The van der Waals surface area contributed by atoms with Gasteiger partial charge in [0.05, 0.1) is 19.8 Å². The lowest BCUT2D eigenvalue weighted by atomic mass is 9.98. The summed E-state index contributed by atoms with van der Waals surface area (Å²) in [7, 11) is 0.